The molecule has 0 atom stereocenters. The zero-order valence-corrected chi connectivity index (χ0v) is 22.3. The fraction of sp³-hybridized carbons (Fsp3) is 0.250. The van der Waals surface area contributed by atoms with Crippen molar-refractivity contribution in [2.24, 2.45) is 0 Å². The van der Waals surface area contributed by atoms with Gasteiger partial charge in [0, 0.05) is 23.5 Å². The summed E-state index contributed by atoms with van der Waals surface area (Å²) < 4.78 is 42.6. The Hall–Kier alpha value is -3.24. The zero-order valence-electron chi connectivity index (χ0n) is 19.9. The molecule has 36 heavy (non-hydrogen) atoms. The Labute approximate surface area is 218 Å². The number of anilines is 2. The number of sulfonamides is 1. The lowest BCUT2D eigenvalue weighted by Crippen LogP contribution is -2.44. The highest BCUT2D eigenvalue weighted by Gasteiger charge is 2.50. The lowest BCUT2D eigenvalue weighted by atomic mass is 10.0. The number of nitrogens with zero attached hydrogens (tertiary/aromatic N) is 4. The fourth-order valence-electron chi connectivity index (χ4n) is 3.97. The van der Waals surface area contributed by atoms with Gasteiger partial charge >= 0.3 is 0 Å². The third-order valence-electron chi connectivity index (χ3n) is 5.92. The van der Waals surface area contributed by atoms with E-state index in [9.17, 15) is 13.2 Å². The van der Waals surface area contributed by atoms with Gasteiger partial charge in [-0.05, 0) is 69.7 Å². The second-order valence-corrected chi connectivity index (χ2v) is 11.9. The smallest absolute Gasteiger partial charge is 0.259 e. The molecule has 186 valence electrons. The van der Waals surface area contributed by atoms with Crippen LogP contribution in [0.2, 0.25) is 0 Å². The van der Waals surface area contributed by atoms with Crippen molar-refractivity contribution in [2.45, 2.75) is 44.0 Å². The van der Waals surface area contributed by atoms with Gasteiger partial charge in [-0.15, -0.1) is 11.3 Å². The van der Waals surface area contributed by atoms with Crippen molar-refractivity contribution in [3.05, 3.63) is 76.0 Å². The van der Waals surface area contributed by atoms with E-state index in [-0.39, 0.29) is 27.3 Å². The summed E-state index contributed by atoms with van der Waals surface area (Å²) in [6.07, 6.45) is 0. The van der Waals surface area contributed by atoms with Crippen molar-refractivity contribution >= 4 is 61.7 Å². The van der Waals surface area contributed by atoms with E-state index in [1.165, 1.54) is 22.5 Å². The molecule has 0 bridgehead atoms. The number of carbonyl (C=O) groups is 1. The van der Waals surface area contributed by atoms with Crippen molar-refractivity contribution in [1.29, 1.82) is 0 Å². The van der Waals surface area contributed by atoms with Crippen LogP contribution in [0.15, 0.2) is 46.1 Å². The van der Waals surface area contributed by atoms with Crippen molar-refractivity contribution in [2.75, 3.05) is 9.80 Å². The monoisotopic (exact) mass is 543 g/mol. The number of hydrogen-bond donors (Lipinski definition) is 1. The maximum atomic E-state index is 15.1. The molecule has 1 aliphatic rings. The second-order valence-electron chi connectivity index (χ2n) is 8.73. The Morgan fingerprint density at radius 2 is 1.89 bits per heavy atom. The Morgan fingerprint density at radius 3 is 2.47 bits per heavy atom. The minimum atomic E-state index is -3.83. The Kier molecular flexibility index (Phi) is 6.70. The van der Waals surface area contributed by atoms with Gasteiger partial charge in [0.25, 0.3) is 15.9 Å². The van der Waals surface area contributed by atoms with E-state index < -0.39 is 21.4 Å². The zero-order chi connectivity index (χ0) is 26.4. The number of hydrogen-bond acceptors (Lipinski definition) is 6. The van der Waals surface area contributed by atoms with E-state index in [1.54, 1.807) is 56.9 Å². The molecule has 1 N–H and O–H groups in total. The first-order valence-corrected chi connectivity index (χ1v) is 13.5. The van der Waals surface area contributed by atoms with Crippen LogP contribution in [0.1, 0.15) is 30.7 Å². The summed E-state index contributed by atoms with van der Waals surface area (Å²) in [6, 6.07) is 9.31. The standard InChI is InChI=1S/C24H22FN5O3S3/c1-14-10-17(8-9-20(14)26-5)29-22(31)24(3,4)30(23(29)34)18-7-6-16(19(25)11-18)12-28-36(32,33)21-15(2)27-13-35-21/h6-11,13,28H,12H2,1-4H3. The number of halogens is 1. The Balaban J connectivity index is 1.61. The molecular formula is C24H22FN5O3S3. The highest BCUT2D eigenvalue weighted by atomic mass is 32.2. The summed E-state index contributed by atoms with van der Waals surface area (Å²) in [7, 11) is -3.83. The molecular weight excluding hydrogens is 521 g/mol. The van der Waals surface area contributed by atoms with Crippen LogP contribution in [-0.2, 0) is 21.4 Å². The first-order chi connectivity index (χ1) is 16.9. The molecule has 1 saturated heterocycles. The lowest BCUT2D eigenvalue weighted by molar-refractivity contribution is -0.120. The number of amides is 1. The van der Waals surface area contributed by atoms with Crippen LogP contribution in [0, 0.1) is 26.2 Å². The van der Waals surface area contributed by atoms with Crippen molar-refractivity contribution in [1.82, 2.24) is 9.71 Å². The molecule has 4 rings (SSSR count). The first kappa shape index (κ1) is 25.8. The molecule has 3 aromatic rings. The van der Waals surface area contributed by atoms with Gasteiger partial charge in [0.1, 0.15) is 11.4 Å². The summed E-state index contributed by atoms with van der Waals surface area (Å²) in [5.41, 5.74) is 2.91. The molecule has 12 heteroatoms. The van der Waals surface area contributed by atoms with Gasteiger partial charge in [-0.25, -0.2) is 27.4 Å². The maximum absolute atomic E-state index is 15.1. The summed E-state index contributed by atoms with van der Waals surface area (Å²) in [4.78, 5) is 23.7. The van der Waals surface area contributed by atoms with Crippen LogP contribution in [0.4, 0.5) is 21.5 Å². The highest BCUT2D eigenvalue weighted by molar-refractivity contribution is 7.91. The molecule has 0 spiro atoms. The van der Waals surface area contributed by atoms with Gasteiger partial charge in [0.15, 0.2) is 15.0 Å². The molecule has 0 saturated carbocycles. The number of rotatable bonds is 6. The average Bonchev–Trinajstić information content (AvgIpc) is 3.32. The number of nitrogens with one attached hydrogen (secondary N) is 1. The average molecular weight is 544 g/mol. The number of aryl methyl sites for hydroxylation is 2. The number of benzene rings is 2. The van der Waals surface area contributed by atoms with E-state index in [1.807, 2.05) is 0 Å². The highest BCUT2D eigenvalue weighted by Crippen LogP contribution is 2.38. The Bertz CT molecular complexity index is 1540. The minimum Gasteiger partial charge on any atom is -0.303 e. The molecule has 2 heterocycles. The minimum absolute atomic E-state index is 0.0852. The van der Waals surface area contributed by atoms with Gasteiger partial charge in [-0.2, -0.15) is 0 Å². The van der Waals surface area contributed by atoms with Gasteiger partial charge < -0.3 is 4.90 Å². The maximum Gasteiger partial charge on any atom is 0.259 e. The molecule has 0 unspecified atom stereocenters. The van der Waals surface area contributed by atoms with Crippen molar-refractivity contribution in [3.63, 3.8) is 0 Å². The number of thiocarbonyl (C=S) groups is 1. The predicted octanol–water partition coefficient (Wildman–Crippen LogP) is 4.85. The van der Waals surface area contributed by atoms with E-state index in [0.29, 0.717) is 28.3 Å². The third-order valence-corrected chi connectivity index (χ3v) is 9.26. The quantitative estimate of drug-likeness (QED) is 0.354. The third kappa shape index (κ3) is 4.39. The van der Waals surface area contributed by atoms with Crippen LogP contribution < -0.4 is 14.5 Å². The largest absolute Gasteiger partial charge is 0.303 e. The van der Waals surface area contributed by atoms with E-state index in [2.05, 4.69) is 14.6 Å². The number of aromatic nitrogens is 1. The van der Waals surface area contributed by atoms with Gasteiger partial charge in [-0.1, -0.05) is 12.1 Å². The summed E-state index contributed by atoms with van der Waals surface area (Å²) in [5.74, 6) is -0.933. The molecule has 0 radical (unpaired) electrons. The van der Waals surface area contributed by atoms with Gasteiger partial charge in [-0.3, -0.25) is 9.69 Å². The van der Waals surface area contributed by atoms with Crippen molar-refractivity contribution in [3.8, 4) is 0 Å². The number of thiazole rings is 1. The van der Waals surface area contributed by atoms with Gasteiger partial charge in [0.2, 0.25) is 0 Å². The van der Waals surface area contributed by atoms with Crippen LogP contribution in [0.5, 0.6) is 0 Å². The molecule has 1 amide bonds. The lowest BCUT2D eigenvalue weighted by Gasteiger charge is -2.29. The fourth-order valence-corrected chi connectivity index (χ4v) is 6.75. The summed E-state index contributed by atoms with van der Waals surface area (Å²) >= 11 is 6.63. The van der Waals surface area contributed by atoms with Crippen LogP contribution >= 0.6 is 23.6 Å². The Morgan fingerprint density at radius 1 is 1.19 bits per heavy atom. The van der Waals surface area contributed by atoms with Gasteiger partial charge in [0.05, 0.1) is 17.8 Å². The second kappa shape index (κ2) is 9.33. The first-order valence-electron chi connectivity index (χ1n) is 10.7. The normalized spacial score (nSPS) is 15.4. The van der Waals surface area contributed by atoms with Crippen LogP contribution in [0.3, 0.4) is 0 Å². The SMILES string of the molecule is [C-]#[N+]c1ccc(N2C(=O)C(C)(C)N(c3ccc(CNS(=O)(=O)c4scnc4C)c(F)c3)C2=S)cc1C. The van der Waals surface area contributed by atoms with E-state index in [0.717, 1.165) is 11.3 Å². The molecule has 1 fully saturated rings. The molecule has 2 aromatic carbocycles. The van der Waals surface area contributed by atoms with E-state index >= 15 is 4.39 Å². The summed E-state index contributed by atoms with van der Waals surface area (Å²) in [5, 5.41) is 0.175. The van der Waals surface area contributed by atoms with Crippen LogP contribution in [-0.4, -0.2) is 30.0 Å². The van der Waals surface area contributed by atoms with E-state index in [4.69, 9.17) is 18.8 Å². The van der Waals surface area contributed by atoms with Crippen LogP contribution in [0.25, 0.3) is 4.85 Å². The molecule has 0 aliphatic carbocycles. The molecule has 1 aliphatic heterocycles. The summed E-state index contributed by atoms with van der Waals surface area (Å²) in [6.45, 7) is 13.7. The predicted molar refractivity (Wildman–Crippen MR) is 141 cm³/mol. The molecule has 8 nitrogen and oxygen atoms in total. The molecule has 1 aromatic heterocycles. The topological polar surface area (TPSA) is 87.0 Å². The van der Waals surface area contributed by atoms with Crippen molar-refractivity contribution < 1.29 is 17.6 Å². The number of carbonyl (C=O) groups excluding carboxylic acids is 1.